The maximum atomic E-state index is 5.67. The fourth-order valence-electron chi connectivity index (χ4n) is 2.36. The molecular formula is C10H24O5Si2. The molecule has 0 spiro atoms. The maximum Gasteiger partial charge on any atom is 0.217 e. The van der Waals surface area contributed by atoms with E-state index < -0.39 is 20.4 Å². The third kappa shape index (κ3) is 3.85. The van der Waals surface area contributed by atoms with Crippen LogP contribution in [0, 0.1) is 0 Å². The Kier molecular flexibility index (Phi) is 6.86. The average Bonchev–Trinajstić information content (AvgIpc) is 2.40. The Bertz CT molecular complexity index is 203. The normalized spacial score (nSPS) is 23.5. The molecule has 1 aliphatic heterocycles. The molecule has 0 aromatic carbocycles. The van der Waals surface area contributed by atoms with Crippen molar-refractivity contribution in [3.05, 3.63) is 0 Å². The van der Waals surface area contributed by atoms with Crippen molar-refractivity contribution < 1.29 is 23.4 Å². The first-order chi connectivity index (χ1) is 8.22. The van der Waals surface area contributed by atoms with E-state index in [1.807, 2.05) is 0 Å². The summed E-state index contributed by atoms with van der Waals surface area (Å²) in [6.07, 6.45) is 0.693. The SMILES string of the molecule is COC(OC)C(C[SiH]1CCCO[SiH2]1)(OC)OC. The second-order valence-electron chi connectivity index (χ2n) is 4.31. The van der Waals surface area contributed by atoms with Gasteiger partial charge >= 0.3 is 0 Å². The van der Waals surface area contributed by atoms with Crippen molar-refractivity contribution in [1.82, 2.24) is 0 Å². The van der Waals surface area contributed by atoms with Crippen LogP contribution in [0.15, 0.2) is 0 Å². The lowest BCUT2D eigenvalue weighted by Crippen LogP contribution is -2.52. The van der Waals surface area contributed by atoms with Gasteiger partial charge in [-0.3, -0.25) is 0 Å². The van der Waals surface area contributed by atoms with Crippen molar-refractivity contribution in [3.63, 3.8) is 0 Å². The van der Waals surface area contributed by atoms with E-state index in [2.05, 4.69) is 0 Å². The number of rotatable bonds is 7. The van der Waals surface area contributed by atoms with Crippen LogP contribution in [0.4, 0.5) is 0 Å². The molecule has 7 heteroatoms. The molecule has 0 radical (unpaired) electrons. The van der Waals surface area contributed by atoms with Gasteiger partial charge in [0.15, 0.2) is 0 Å². The third-order valence-electron chi connectivity index (χ3n) is 3.31. The lowest BCUT2D eigenvalue weighted by Gasteiger charge is -2.38. The van der Waals surface area contributed by atoms with Gasteiger partial charge in [-0.1, -0.05) is 6.04 Å². The fraction of sp³-hybridized carbons (Fsp3) is 1.00. The Morgan fingerprint density at radius 1 is 1.24 bits per heavy atom. The molecule has 1 fully saturated rings. The van der Waals surface area contributed by atoms with Crippen LogP contribution in [0.25, 0.3) is 0 Å². The topological polar surface area (TPSA) is 46.2 Å². The molecule has 1 heterocycles. The zero-order chi connectivity index (χ0) is 12.7. The van der Waals surface area contributed by atoms with Crippen molar-refractivity contribution >= 4 is 17.6 Å². The molecule has 1 atom stereocenters. The van der Waals surface area contributed by atoms with E-state index in [1.54, 1.807) is 28.4 Å². The minimum atomic E-state index is -0.864. The van der Waals surface area contributed by atoms with Gasteiger partial charge in [0.25, 0.3) is 0 Å². The van der Waals surface area contributed by atoms with Crippen LogP contribution in [0.5, 0.6) is 0 Å². The highest BCUT2D eigenvalue weighted by Gasteiger charge is 2.43. The summed E-state index contributed by atoms with van der Waals surface area (Å²) in [4.78, 5) is 0. The quantitative estimate of drug-likeness (QED) is 0.478. The first-order valence-corrected chi connectivity index (χ1v) is 11.4. The molecule has 1 saturated heterocycles. The van der Waals surface area contributed by atoms with E-state index in [0.29, 0.717) is 0 Å². The fourth-order valence-corrected chi connectivity index (χ4v) is 10.1. The lowest BCUT2D eigenvalue weighted by molar-refractivity contribution is -0.317. The molecule has 0 amide bonds. The molecule has 0 aliphatic carbocycles. The van der Waals surface area contributed by atoms with Crippen LogP contribution in [-0.4, -0.2) is 64.7 Å². The highest BCUT2D eigenvalue weighted by molar-refractivity contribution is 7.10. The molecule has 1 rings (SSSR count). The van der Waals surface area contributed by atoms with Gasteiger partial charge in [0.05, 0.1) is 8.31 Å². The molecule has 0 aromatic heterocycles. The van der Waals surface area contributed by atoms with Gasteiger partial charge in [-0.05, 0) is 12.5 Å². The molecule has 1 unspecified atom stereocenters. The highest BCUT2D eigenvalue weighted by atomic mass is 29.2. The second-order valence-corrected chi connectivity index (χ2v) is 12.2. The first kappa shape index (κ1) is 15.3. The lowest BCUT2D eigenvalue weighted by atomic mass is 10.3. The predicted molar refractivity (Wildman–Crippen MR) is 70.4 cm³/mol. The molecule has 0 bridgehead atoms. The van der Waals surface area contributed by atoms with Gasteiger partial charge in [-0.25, -0.2) is 0 Å². The molecule has 0 aromatic rings. The Hall–Kier alpha value is 0.234. The average molecular weight is 280 g/mol. The Balaban J connectivity index is 2.67. The summed E-state index contributed by atoms with van der Waals surface area (Å²) in [5, 5.41) is 0. The maximum absolute atomic E-state index is 5.67. The summed E-state index contributed by atoms with van der Waals surface area (Å²) in [7, 11) is 5.29. The van der Waals surface area contributed by atoms with E-state index >= 15 is 0 Å². The summed E-state index contributed by atoms with van der Waals surface area (Å²) in [6, 6.07) is 2.22. The van der Waals surface area contributed by atoms with Gasteiger partial charge in [-0.2, -0.15) is 0 Å². The van der Waals surface area contributed by atoms with Crippen molar-refractivity contribution in [2.24, 2.45) is 0 Å². The summed E-state index contributed by atoms with van der Waals surface area (Å²) in [5.74, 6) is -0.770. The van der Waals surface area contributed by atoms with E-state index in [-0.39, 0.29) is 9.28 Å². The zero-order valence-electron chi connectivity index (χ0n) is 11.2. The van der Waals surface area contributed by atoms with Crippen LogP contribution in [-0.2, 0) is 23.4 Å². The van der Waals surface area contributed by atoms with Crippen molar-refractivity contribution in [3.8, 4) is 0 Å². The minimum absolute atomic E-state index is 0.355. The van der Waals surface area contributed by atoms with E-state index in [9.17, 15) is 0 Å². The first-order valence-electron chi connectivity index (χ1n) is 5.96. The van der Waals surface area contributed by atoms with Crippen molar-refractivity contribution in [1.29, 1.82) is 0 Å². The summed E-state index contributed by atoms with van der Waals surface area (Å²) in [5.41, 5.74) is 0. The van der Waals surface area contributed by atoms with Gasteiger partial charge in [-0.15, -0.1) is 0 Å². The van der Waals surface area contributed by atoms with E-state index in [1.165, 1.54) is 12.5 Å². The Morgan fingerprint density at radius 3 is 2.29 bits per heavy atom. The minimum Gasteiger partial charge on any atom is -0.428 e. The number of methoxy groups -OCH3 is 4. The van der Waals surface area contributed by atoms with E-state index in [0.717, 1.165) is 12.7 Å². The number of ether oxygens (including phenoxy) is 4. The van der Waals surface area contributed by atoms with Gasteiger partial charge < -0.3 is 23.4 Å². The zero-order valence-corrected chi connectivity index (χ0v) is 13.8. The van der Waals surface area contributed by atoms with Gasteiger partial charge in [0.2, 0.25) is 12.1 Å². The molecule has 0 saturated carbocycles. The largest absolute Gasteiger partial charge is 0.428 e. The smallest absolute Gasteiger partial charge is 0.217 e. The Morgan fingerprint density at radius 2 is 1.88 bits per heavy atom. The molecule has 5 nitrogen and oxygen atoms in total. The van der Waals surface area contributed by atoms with Crippen LogP contribution in [0.3, 0.4) is 0 Å². The predicted octanol–water partition coefficient (Wildman–Crippen LogP) is -0.178. The van der Waals surface area contributed by atoms with Crippen molar-refractivity contribution in [2.75, 3.05) is 35.0 Å². The van der Waals surface area contributed by atoms with Crippen LogP contribution >= 0.6 is 0 Å². The van der Waals surface area contributed by atoms with Gasteiger partial charge in [0, 0.05) is 35.0 Å². The summed E-state index contributed by atoms with van der Waals surface area (Å²) >= 11 is 0. The molecular weight excluding hydrogens is 256 g/mol. The van der Waals surface area contributed by atoms with Gasteiger partial charge in [0.1, 0.15) is 9.28 Å². The number of hydrogen-bond acceptors (Lipinski definition) is 5. The standard InChI is InChI=1S/C10H24O5Si2/c1-11-9(12-2)10(13-3,14-4)8-17-7-5-6-15-16-17/h9,17H,5-8,16H2,1-4H3. The summed E-state index contributed by atoms with van der Waals surface area (Å²) in [6.45, 7) is 0.945. The van der Waals surface area contributed by atoms with E-state index in [4.69, 9.17) is 23.4 Å². The van der Waals surface area contributed by atoms with Crippen molar-refractivity contribution in [2.45, 2.75) is 30.6 Å². The molecule has 102 valence electrons. The molecule has 17 heavy (non-hydrogen) atoms. The second kappa shape index (κ2) is 7.62. The van der Waals surface area contributed by atoms with Crippen LogP contribution < -0.4 is 0 Å². The molecule has 0 N–H and O–H groups in total. The summed E-state index contributed by atoms with van der Waals surface area (Å²) < 4.78 is 27.4. The monoisotopic (exact) mass is 280 g/mol. The van der Waals surface area contributed by atoms with Crippen LogP contribution in [0.1, 0.15) is 6.42 Å². The number of hydrogen-bond donors (Lipinski definition) is 0. The van der Waals surface area contributed by atoms with Crippen LogP contribution in [0.2, 0.25) is 12.1 Å². The highest BCUT2D eigenvalue weighted by Crippen LogP contribution is 2.28. The molecule has 1 aliphatic rings. The Labute approximate surface area is 107 Å². The third-order valence-corrected chi connectivity index (χ3v) is 10.9.